The molecule has 2 heterocycles. The van der Waals surface area contributed by atoms with Crippen molar-refractivity contribution in [3.05, 3.63) is 61.5 Å². The number of likely N-dealkylation sites (tertiary alicyclic amines) is 1. The molecule has 4 N–H and O–H groups in total. The van der Waals surface area contributed by atoms with E-state index < -0.39 is 22.8 Å². The van der Waals surface area contributed by atoms with Crippen LogP contribution in [0.25, 0.3) is 0 Å². The second-order valence-corrected chi connectivity index (χ2v) is 7.50. The van der Waals surface area contributed by atoms with Crippen LogP contribution in [-0.4, -0.2) is 45.9 Å². The van der Waals surface area contributed by atoms with Gasteiger partial charge in [0.25, 0.3) is 5.56 Å². The molecule has 0 saturated carbocycles. The molecular weight excluding hydrogens is 431 g/mol. The van der Waals surface area contributed by atoms with E-state index in [1.807, 2.05) is 4.90 Å². The summed E-state index contributed by atoms with van der Waals surface area (Å²) < 4.78 is 16.0. The Kier molecular flexibility index (Phi) is 9.06. The number of primary amides is 1. The second-order valence-electron chi connectivity index (χ2n) is 7.50. The fraction of sp³-hybridized carbons (Fsp3) is 0.409. The third-order valence-electron chi connectivity index (χ3n) is 5.37. The molecule has 1 aliphatic rings. The first kappa shape index (κ1) is 25.5. The number of ketones is 1. The smallest absolute Gasteiger partial charge is 0.332 e. The van der Waals surface area contributed by atoms with E-state index in [1.165, 1.54) is 12.1 Å². The summed E-state index contributed by atoms with van der Waals surface area (Å²) in [5.41, 5.74) is 8.97. The number of amides is 1. The summed E-state index contributed by atoms with van der Waals surface area (Å²) in [4.78, 5) is 49.1. The highest BCUT2D eigenvalue weighted by molar-refractivity contribution is 6.01. The predicted octanol–water partition coefficient (Wildman–Crippen LogP) is 0.441. The Morgan fingerprint density at radius 1 is 1.21 bits per heavy atom. The summed E-state index contributed by atoms with van der Waals surface area (Å²) in [7, 11) is 0. The van der Waals surface area contributed by atoms with E-state index in [9.17, 15) is 18.8 Å². The third kappa shape index (κ3) is 5.93. The Morgan fingerprint density at radius 2 is 1.85 bits per heavy atom. The van der Waals surface area contributed by atoms with Gasteiger partial charge >= 0.3 is 5.69 Å². The van der Waals surface area contributed by atoms with Crippen LogP contribution in [-0.2, 0) is 17.9 Å². The van der Waals surface area contributed by atoms with Crippen molar-refractivity contribution in [2.24, 2.45) is 5.73 Å². The molecule has 1 amide bonds. The Hall–Kier alpha value is -3.78. The average Bonchev–Trinajstić information content (AvgIpc) is 2.78. The van der Waals surface area contributed by atoms with Crippen LogP contribution in [0.1, 0.15) is 47.7 Å². The van der Waals surface area contributed by atoms with Crippen LogP contribution in [0.15, 0.2) is 27.8 Å². The Labute approximate surface area is 189 Å². The SMILES string of the molecule is CCn1c(=O)c(C(=O)CN2CCCCC2)c(N)n(Cc2ccc(C#N)c(F)c2)c1=O.NC=O. The molecule has 176 valence electrons. The maximum absolute atomic E-state index is 14.0. The second kappa shape index (κ2) is 11.7. The van der Waals surface area contributed by atoms with Gasteiger partial charge in [-0.05, 0) is 50.6 Å². The molecule has 0 radical (unpaired) electrons. The number of carbonyl (C=O) groups is 2. The van der Waals surface area contributed by atoms with Gasteiger partial charge in [0.15, 0.2) is 5.78 Å². The largest absolute Gasteiger partial charge is 0.384 e. The molecule has 0 unspecified atom stereocenters. The average molecular weight is 458 g/mol. The Balaban J connectivity index is 0.00000122. The number of nitrogens with zero attached hydrogens (tertiary/aromatic N) is 4. The van der Waals surface area contributed by atoms with E-state index in [2.05, 4.69) is 5.73 Å². The molecule has 3 rings (SSSR count). The third-order valence-corrected chi connectivity index (χ3v) is 5.37. The Morgan fingerprint density at radius 3 is 2.39 bits per heavy atom. The molecule has 10 nitrogen and oxygen atoms in total. The summed E-state index contributed by atoms with van der Waals surface area (Å²) in [5, 5.41) is 8.87. The highest BCUT2D eigenvalue weighted by Crippen LogP contribution is 2.15. The molecule has 0 aliphatic carbocycles. The van der Waals surface area contributed by atoms with Crippen LogP contribution in [0.5, 0.6) is 0 Å². The van der Waals surface area contributed by atoms with Gasteiger partial charge in [0.05, 0.1) is 18.7 Å². The van der Waals surface area contributed by atoms with Crippen LogP contribution in [0.3, 0.4) is 0 Å². The monoisotopic (exact) mass is 458 g/mol. The first-order valence-electron chi connectivity index (χ1n) is 10.5. The number of hydrogen-bond donors (Lipinski definition) is 2. The first-order valence-corrected chi connectivity index (χ1v) is 10.5. The summed E-state index contributed by atoms with van der Waals surface area (Å²) in [6.45, 7) is 3.19. The minimum atomic E-state index is -0.716. The molecule has 2 aromatic rings. The van der Waals surface area contributed by atoms with E-state index in [-0.39, 0.29) is 43.0 Å². The lowest BCUT2D eigenvalue weighted by atomic mass is 10.1. The highest BCUT2D eigenvalue weighted by Gasteiger charge is 2.24. The molecule has 1 fully saturated rings. The van der Waals surface area contributed by atoms with Crippen molar-refractivity contribution >= 4 is 18.0 Å². The lowest BCUT2D eigenvalue weighted by molar-refractivity contribution is -0.106. The van der Waals surface area contributed by atoms with Crippen LogP contribution in [0.2, 0.25) is 0 Å². The van der Waals surface area contributed by atoms with Crippen LogP contribution in [0.4, 0.5) is 10.2 Å². The fourth-order valence-corrected chi connectivity index (χ4v) is 3.74. The molecule has 1 aromatic heterocycles. The van der Waals surface area contributed by atoms with Crippen LogP contribution in [0, 0.1) is 17.1 Å². The maximum Gasteiger partial charge on any atom is 0.332 e. The van der Waals surface area contributed by atoms with Crippen molar-refractivity contribution < 1.29 is 14.0 Å². The number of anilines is 1. The normalized spacial score (nSPS) is 13.5. The van der Waals surface area contributed by atoms with Gasteiger partial charge in [0.2, 0.25) is 6.41 Å². The molecule has 33 heavy (non-hydrogen) atoms. The lowest BCUT2D eigenvalue weighted by Gasteiger charge is -2.26. The van der Waals surface area contributed by atoms with E-state index in [4.69, 9.17) is 15.8 Å². The van der Waals surface area contributed by atoms with Gasteiger partial charge in [-0.1, -0.05) is 12.5 Å². The Bertz CT molecular complexity index is 1180. The number of halogens is 1. The number of nitrogens with two attached hydrogens (primary N) is 2. The molecule has 11 heteroatoms. The van der Waals surface area contributed by atoms with Gasteiger partial charge in [-0.25, -0.2) is 9.18 Å². The molecule has 0 spiro atoms. The van der Waals surface area contributed by atoms with Gasteiger partial charge in [-0.2, -0.15) is 5.26 Å². The number of nitrogen functional groups attached to an aromatic ring is 1. The summed E-state index contributed by atoms with van der Waals surface area (Å²) >= 11 is 0. The van der Waals surface area contributed by atoms with Crippen molar-refractivity contribution in [3.8, 4) is 6.07 Å². The molecule has 1 aliphatic heterocycles. The van der Waals surface area contributed by atoms with Crippen molar-refractivity contribution in [2.75, 3.05) is 25.4 Å². The fourth-order valence-electron chi connectivity index (χ4n) is 3.74. The number of nitriles is 1. The molecule has 1 saturated heterocycles. The number of aromatic nitrogens is 2. The van der Waals surface area contributed by atoms with Gasteiger partial charge in [-0.3, -0.25) is 28.4 Å². The summed E-state index contributed by atoms with van der Waals surface area (Å²) in [5.74, 6) is -1.37. The molecule has 0 atom stereocenters. The zero-order valence-corrected chi connectivity index (χ0v) is 18.4. The van der Waals surface area contributed by atoms with Gasteiger partial charge < -0.3 is 11.5 Å². The van der Waals surface area contributed by atoms with E-state index in [1.54, 1.807) is 13.0 Å². The zero-order valence-electron chi connectivity index (χ0n) is 18.4. The first-order chi connectivity index (χ1) is 15.8. The summed E-state index contributed by atoms with van der Waals surface area (Å²) in [6.07, 6.45) is 3.35. The summed E-state index contributed by atoms with van der Waals surface area (Å²) in [6, 6.07) is 5.69. The van der Waals surface area contributed by atoms with Gasteiger partial charge in [0.1, 0.15) is 23.3 Å². The number of Topliss-reactive ketones (excluding diaryl/α,β-unsaturated/α-hetero) is 1. The van der Waals surface area contributed by atoms with Crippen molar-refractivity contribution in [1.29, 1.82) is 5.26 Å². The van der Waals surface area contributed by atoms with Crippen LogP contribution < -0.4 is 22.7 Å². The lowest BCUT2D eigenvalue weighted by Crippen LogP contribution is -2.45. The van der Waals surface area contributed by atoms with Gasteiger partial charge in [0, 0.05) is 6.54 Å². The standard InChI is InChI=1S/C21H24FN5O3.CH3NO/c1-2-26-20(29)18(17(28)13-25-8-4-3-5-9-25)19(24)27(21(26)30)12-14-6-7-15(11-23)16(22)10-14;2-1-3/h6-7,10H,2-5,8-9,12-13,24H2,1H3;1H,(H2,2,3). The highest BCUT2D eigenvalue weighted by atomic mass is 19.1. The number of hydrogen-bond acceptors (Lipinski definition) is 7. The van der Waals surface area contributed by atoms with E-state index in [0.717, 1.165) is 47.6 Å². The van der Waals surface area contributed by atoms with Crippen molar-refractivity contribution in [1.82, 2.24) is 14.0 Å². The minimum absolute atomic E-state index is 0.0624. The van der Waals surface area contributed by atoms with Crippen molar-refractivity contribution in [2.45, 2.75) is 39.3 Å². The zero-order chi connectivity index (χ0) is 24.5. The molecular formula is C22H27FN6O4. The van der Waals surface area contributed by atoms with E-state index in [0.29, 0.717) is 5.56 Å². The van der Waals surface area contributed by atoms with Crippen molar-refractivity contribution in [3.63, 3.8) is 0 Å². The maximum atomic E-state index is 14.0. The predicted molar refractivity (Wildman–Crippen MR) is 120 cm³/mol. The number of piperidine rings is 1. The molecule has 1 aromatic carbocycles. The topological polar surface area (TPSA) is 157 Å². The quantitative estimate of drug-likeness (QED) is 0.470. The number of benzene rings is 1. The van der Waals surface area contributed by atoms with Crippen LogP contribution >= 0.6 is 0 Å². The van der Waals surface area contributed by atoms with Gasteiger partial charge in [-0.15, -0.1) is 0 Å². The number of rotatable bonds is 6. The molecule has 0 bridgehead atoms. The van der Waals surface area contributed by atoms with E-state index >= 15 is 0 Å². The number of carbonyl (C=O) groups excluding carboxylic acids is 2. The minimum Gasteiger partial charge on any atom is -0.384 e.